The molecule has 0 saturated carbocycles. The maximum absolute atomic E-state index is 13.7. The summed E-state index contributed by atoms with van der Waals surface area (Å²) in [5, 5.41) is 2.23. The maximum atomic E-state index is 13.7. The normalized spacial score (nSPS) is 13.3. The average molecular weight is 482 g/mol. The van der Waals surface area contributed by atoms with Crippen LogP contribution in [0.4, 0.5) is 0 Å². The summed E-state index contributed by atoms with van der Waals surface area (Å²) in [5.74, 6) is 0.603. The van der Waals surface area contributed by atoms with Gasteiger partial charge in [-0.2, -0.15) is 0 Å². The highest BCUT2D eigenvalue weighted by atomic mass is 35.5. The minimum absolute atomic E-state index is 0.0817. The zero-order chi connectivity index (χ0) is 22.2. The van der Waals surface area contributed by atoms with Gasteiger partial charge in [-0.1, -0.05) is 59.2 Å². The fourth-order valence-corrected chi connectivity index (χ4v) is 5.37. The Balaban J connectivity index is 1.66. The third-order valence-corrected chi connectivity index (χ3v) is 7.56. The zero-order valence-electron chi connectivity index (χ0n) is 17.6. The predicted molar refractivity (Wildman–Crippen MR) is 133 cm³/mol. The predicted octanol–water partition coefficient (Wildman–Crippen LogP) is 6.57. The van der Waals surface area contributed by atoms with Crippen LogP contribution >= 0.6 is 35.0 Å². The molecule has 2 heterocycles. The smallest absolute Gasteiger partial charge is 0.268 e. The molecule has 0 aliphatic heterocycles. The summed E-state index contributed by atoms with van der Waals surface area (Å²) in [6.07, 6.45) is 4.18. The van der Waals surface area contributed by atoms with Gasteiger partial charge >= 0.3 is 0 Å². The van der Waals surface area contributed by atoms with Crippen molar-refractivity contribution in [1.82, 2.24) is 14.5 Å². The number of thioether (sulfide) groups is 1. The fourth-order valence-electron chi connectivity index (χ4n) is 4.11. The van der Waals surface area contributed by atoms with E-state index in [0.29, 0.717) is 32.0 Å². The lowest BCUT2D eigenvalue weighted by Crippen LogP contribution is -2.23. The van der Waals surface area contributed by atoms with Crippen LogP contribution < -0.4 is 5.56 Å². The van der Waals surface area contributed by atoms with E-state index in [2.05, 4.69) is 0 Å². The molecule has 5 rings (SSSR count). The van der Waals surface area contributed by atoms with Gasteiger partial charge in [0.15, 0.2) is 10.8 Å². The SMILES string of the molecule is Cc1ccccc1-n1c(SCc2ccc(Cl)c(Cl)c2)nc2nc3c(cc2c1=O)CCCC3. The largest absolute Gasteiger partial charge is 0.268 e. The van der Waals surface area contributed by atoms with Crippen molar-refractivity contribution in [2.24, 2.45) is 0 Å². The van der Waals surface area contributed by atoms with Crippen molar-refractivity contribution in [2.45, 2.75) is 43.5 Å². The Morgan fingerprint density at radius 2 is 1.81 bits per heavy atom. The highest BCUT2D eigenvalue weighted by Crippen LogP contribution is 2.30. The molecule has 4 nitrogen and oxygen atoms in total. The average Bonchev–Trinajstić information content (AvgIpc) is 2.80. The lowest BCUT2D eigenvalue weighted by Gasteiger charge is -2.18. The van der Waals surface area contributed by atoms with Gasteiger partial charge < -0.3 is 0 Å². The quantitative estimate of drug-likeness (QED) is 0.244. The molecule has 0 saturated heterocycles. The summed E-state index contributed by atoms with van der Waals surface area (Å²) in [5.41, 5.74) is 5.55. The van der Waals surface area contributed by atoms with E-state index in [9.17, 15) is 4.79 Å². The highest BCUT2D eigenvalue weighted by molar-refractivity contribution is 7.98. The summed E-state index contributed by atoms with van der Waals surface area (Å²) in [6.45, 7) is 2.00. The molecular weight excluding hydrogens is 461 g/mol. The number of fused-ring (bicyclic) bond motifs is 2. The van der Waals surface area contributed by atoms with Crippen LogP contribution in [0.15, 0.2) is 58.5 Å². The molecule has 0 amide bonds. The molecule has 0 N–H and O–H groups in total. The van der Waals surface area contributed by atoms with Gasteiger partial charge in [-0.25, -0.2) is 9.97 Å². The first-order chi connectivity index (χ1) is 15.5. The number of rotatable bonds is 4. The third-order valence-electron chi connectivity index (χ3n) is 5.82. The van der Waals surface area contributed by atoms with E-state index in [1.807, 2.05) is 49.4 Å². The molecule has 0 unspecified atom stereocenters. The Kier molecular flexibility index (Phi) is 5.97. The number of hydrogen-bond acceptors (Lipinski definition) is 4. The van der Waals surface area contributed by atoms with Gasteiger partial charge in [0.2, 0.25) is 0 Å². The van der Waals surface area contributed by atoms with Crippen LogP contribution in [0, 0.1) is 6.92 Å². The van der Waals surface area contributed by atoms with E-state index in [1.54, 1.807) is 10.6 Å². The summed E-state index contributed by atoms with van der Waals surface area (Å²) in [7, 11) is 0. The fraction of sp³-hybridized carbons (Fsp3) is 0.240. The molecule has 2 aromatic carbocycles. The summed E-state index contributed by atoms with van der Waals surface area (Å²) in [4.78, 5) is 23.4. The van der Waals surface area contributed by atoms with Gasteiger partial charge in [-0.05, 0) is 73.6 Å². The number of aromatic nitrogens is 3. The topological polar surface area (TPSA) is 47.8 Å². The molecule has 0 bridgehead atoms. The van der Waals surface area contributed by atoms with Gasteiger partial charge in [0.05, 0.1) is 21.1 Å². The van der Waals surface area contributed by atoms with E-state index in [0.717, 1.165) is 48.2 Å². The molecular formula is C25H21Cl2N3OS. The second-order valence-electron chi connectivity index (χ2n) is 8.03. The number of pyridine rings is 1. The van der Waals surface area contributed by atoms with E-state index >= 15 is 0 Å². The second kappa shape index (κ2) is 8.89. The molecule has 0 atom stereocenters. The molecule has 1 aliphatic carbocycles. The number of nitrogens with zero attached hydrogens (tertiary/aromatic N) is 3. The van der Waals surface area contributed by atoms with Crippen molar-refractivity contribution in [3.63, 3.8) is 0 Å². The van der Waals surface area contributed by atoms with Crippen molar-refractivity contribution < 1.29 is 0 Å². The van der Waals surface area contributed by atoms with E-state index in [4.69, 9.17) is 33.2 Å². The molecule has 0 radical (unpaired) electrons. The number of aryl methyl sites for hydroxylation is 3. The van der Waals surface area contributed by atoms with E-state index in [1.165, 1.54) is 17.3 Å². The number of benzene rings is 2. The van der Waals surface area contributed by atoms with Crippen LogP contribution in [0.2, 0.25) is 10.0 Å². The van der Waals surface area contributed by atoms with Crippen molar-refractivity contribution in [1.29, 1.82) is 0 Å². The Morgan fingerprint density at radius 1 is 1.00 bits per heavy atom. The number of hydrogen-bond donors (Lipinski definition) is 0. The van der Waals surface area contributed by atoms with Gasteiger partial charge in [-0.3, -0.25) is 9.36 Å². The third kappa shape index (κ3) is 4.05. The first kappa shape index (κ1) is 21.5. The Morgan fingerprint density at radius 3 is 2.62 bits per heavy atom. The van der Waals surface area contributed by atoms with E-state index < -0.39 is 0 Å². The number of para-hydroxylation sites is 1. The van der Waals surface area contributed by atoms with Gasteiger partial charge in [0.25, 0.3) is 5.56 Å². The monoisotopic (exact) mass is 481 g/mol. The Bertz CT molecular complexity index is 1400. The van der Waals surface area contributed by atoms with Crippen LogP contribution in [0.3, 0.4) is 0 Å². The number of halogens is 2. The van der Waals surface area contributed by atoms with Crippen LogP contribution in [0.5, 0.6) is 0 Å². The molecule has 7 heteroatoms. The Hall–Kier alpha value is -2.34. The highest BCUT2D eigenvalue weighted by Gasteiger charge is 2.19. The van der Waals surface area contributed by atoms with Crippen LogP contribution in [0.25, 0.3) is 16.7 Å². The molecule has 1 aliphatic rings. The van der Waals surface area contributed by atoms with Crippen molar-refractivity contribution in [3.8, 4) is 5.69 Å². The molecule has 0 fully saturated rings. The minimum atomic E-state index is -0.0817. The molecule has 32 heavy (non-hydrogen) atoms. The van der Waals surface area contributed by atoms with Crippen LogP contribution in [-0.4, -0.2) is 14.5 Å². The molecule has 162 valence electrons. The first-order valence-electron chi connectivity index (χ1n) is 10.6. The first-order valence-corrected chi connectivity index (χ1v) is 12.3. The van der Waals surface area contributed by atoms with Gasteiger partial charge in [-0.15, -0.1) is 0 Å². The molecule has 4 aromatic rings. The standard InChI is InChI=1S/C25H21Cl2N3OS/c1-15-6-2-5-9-22(15)30-24(31)18-13-17-7-3-4-8-21(17)28-23(18)29-25(30)32-14-16-10-11-19(26)20(27)12-16/h2,5-6,9-13H,3-4,7-8,14H2,1H3. The van der Waals surface area contributed by atoms with E-state index in [-0.39, 0.29) is 5.56 Å². The Labute approximate surface area is 200 Å². The van der Waals surface area contributed by atoms with Crippen molar-refractivity contribution in [2.75, 3.05) is 0 Å². The van der Waals surface area contributed by atoms with Gasteiger partial charge in [0.1, 0.15) is 0 Å². The van der Waals surface area contributed by atoms with Crippen molar-refractivity contribution in [3.05, 3.63) is 91.3 Å². The van der Waals surface area contributed by atoms with Gasteiger partial charge in [0, 0.05) is 11.4 Å². The molecule has 2 aromatic heterocycles. The summed E-state index contributed by atoms with van der Waals surface area (Å²) >= 11 is 13.7. The molecule has 0 spiro atoms. The lowest BCUT2D eigenvalue weighted by atomic mass is 9.95. The summed E-state index contributed by atoms with van der Waals surface area (Å²) in [6, 6.07) is 15.5. The second-order valence-corrected chi connectivity index (χ2v) is 9.79. The lowest BCUT2D eigenvalue weighted by molar-refractivity contribution is 0.669. The summed E-state index contributed by atoms with van der Waals surface area (Å²) < 4.78 is 1.72. The van der Waals surface area contributed by atoms with Crippen LogP contribution in [-0.2, 0) is 18.6 Å². The minimum Gasteiger partial charge on any atom is -0.268 e. The van der Waals surface area contributed by atoms with Crippen molar-refractivity contribution >= 4 is 46.0 Å². The zero-order valence-corrected chi connectivity index (χ0v) is 19.9. The van der Waals surface area contributed by atoms with Crippen LogP contribution in [0.1, 0.15) is 35.2 Å². The maximum Gasteiger partial charge on any atom is 0.268 e.